The SMILES string of the molecule is C[C@@H]1CS(=O)(=O)C[C@@H]1NCC(O)CN1CCCC1. The molecule has 0 aliphatic carbocycles. The van der Waals surface area contributed by atoms with E-state index in [-0.39, 0.29) is 23.5 Å². The molecular formula is C12H24N2O3S. The van der Waals surface area contributed by atoms with Crippen molar-refractivity contribution >= 4 is 9.84 Å². The minimum Gasteiger partial charge on any atom is -0.390 e. The van der Waals surface area contributed by atoms with Crippen molar-refractivity contribution in [3.63, 3.8) is 0 Å². The fraction of sp³-hybridized carbons (Fsp3) is 1.00. The van der Waals surface area contributed by atoms with Gasteiger partial charge < -0.3 is 15.3 Å². The summed E-state index contributed by atoms with van der Waals surface area (Å²) < 4.78 is 22.9. The van der Waals surface area contributed by atoms with Crippen LogP contribution in [0.1, 0.15) is 19.8 Å². The Morgan fingerprint density at radius 2 is 2.00 bits per heavy atom. The number of β-amino-alcohol motifs (C(OH)–C–C–N with tert-alkyl or cyclic N) is 1. The van der Waals surface area contributed by atoms with Crippen LogP contribution in [0.2, 0.25) is 0 Å². The van der Waals surface area contributed by atoms with Crippen molar-refractivity contribution < 1.29 is 13.5 Å². The molecule has 2 heterocycles. The smallest absolute Gasteiger partial charge is 0.152 e. The van der Waals surface area contributed by atoms with Crippen LogP contribution < -0.4 is 5.32 Å². The number of hydrogen-bond acceptors (Lipinski definition) is 5. The lowest BCUT2D eigenvalue weighted by Gasteiger charge is -2.22. The Balaban J connectivity index is 1.71. The Morgan fingerprint density at radius 3 is 2.56 bits per heavy atom. The molecule has 106 valence electrons. The van der Waals surface area contributed by atoms with Gasteiger partial charge >= 0.3 is 0 Å². The molecular weight excluding hydrogens is 252 g/mol. The first-order chi connectivity index (χ1) is 8.46. The van der Waals surface area contributed by atoms with Gasteiger partial charge in [-0.15, -0.1) is 0 Å². The summed E-state index contributed by atoms with van der Waals surface area (Å²) in [6, 6.07) is 0.00299. The number of aliphatic hydroxyl groups is 1. The van der Waals surface area contributed by atoms with E-state index in [2.05, 4.69) is 10.2 Å². The molecule has 2 rings (SSSR count). The van der Waals surface area contributed by atoms with Crippen molar-refractivity contribution in [2.45, 2.75) is 31.9 Å². The molecule has 0 spiro atoms. The van der Waals surface area contributed by atoms with Crippen LogP contribution in [0.25, 0.3) is 0 Å². The molecule has 1 unspecified atom stereocenters. The van der Waals surface area contributed by atoms with Crippen LogP contribution in [0, 0.1) is 5.92 Å². The standard InChI is InChI=1S/C12H24N2O3S/c1-10-8-18(16,17)9-12(10)13-6-11(15)7-14-4-2-3-5-14/h10-13,15H,2-9H2,1H3/t10-,11?,12+/m1/s1. The Hall–Kier alpha value is -0.170. The lowest BCUT2D eigenvalue weighted by Crippen LogP contribution is -2.43. The summed E-state index contributed by atoms with van der Waals surface area (Å²) in [4.78, 5) is 2.27. The molecule has 3 atom stereocenters. The van der Waals surface area contributed by atoms with E-state index in [1.807, 2.05) is 6.92 Å². The highest BCUT2D eigenvalue weighted by Crippen LogP contribution is 2.18. The van der Waals surface area contributed by atoms with Crippen molar-refractivity contribution in [1.29, 1.82) is 0 Å². The van der Waals surface area contributed by atoms with Gasteiger partial charge in [-0.05, 0) is 31.8 Å². The second kappa shape index (κ2) is 5.86. The third kappa shape index (κ3) is 3.91. The molecule has 0 amide bonds. The molecule has 2 N–H and O–H groups in total. The first kappa shape index (κ1) is 14.2. The summed E-state index contributed by atoms with van der Waals surface area (Å²) in [7, 11) is -2.87. The molecule has 2 aliphatic rings. The first-order valence-electron chi connectivity index (χ1n) is 6.80. The predicted octanol–water partition coefficient (Wildman–Crippen LogP) is -0.534. The summed E-state index contributed by atoms with van der Waals surface area (Å²) in [5.74, 6) is 0.631. The van der Waals surface area contributed by atoms with Gasteiger partial charge in [-0.2, -0.15) is 0 Å². The third-order valence-electron chi connectivity index (χ3n) is 3.92. The van der Waals surface area contributed by atoms with E-state index >= 15 is 0 Å². The molecule has 2 fully saturated rings. The van der Waals surface area contributed by atoms with Crippen molar-refractivity contribution in [3.8, 4) is 0 Å². The van der Waals surface area contributed by atoms with E-state index in [9.17, 15) is 13.5 Å². The summed E-state index contributed by atoms with van der Waals surface area (Å²) in [5.41, 5.74) is 0. The van der Waals surface area contributed by atoms with E-state index in [0.717, 1.165) is 13.1 Å². The molecule has 0 aromatic heterocycles. The van der Waals surface area contributed by atoms with Gasteiger partial charge in [0.05, 0.1) is 17.6 Å². The number of nitrogens with zero attached hydrogens (tertiary/aromatic N) is 1. The molecule has 18 heavy (non-hydrogen) atoms. The van der Waals surface area contributed by atoms with Gasteiger partial charge in [0.2, 0.25) is 0 Å². The fourth-order valence-electron chi connectivity index (χ4n) is 2.90. The average Bonchev–Trinajstić information content (AvgIpc) is 2.83. The molecule has 0 aromatic rings. The van der Waals surface area contributed by atoms with Crippen LogP contribution in [0.4, 0.5) is 0 Å². The first-order valence-corrected chi connectivity index (χ1v) is 8.62. The Morgan fingerprint density at radius 1 is 1.33 bits per heavy atom. The number of hydrogen-bond donors (Lipinski definition) is 2. The Kier molecular flexibility index (Phi) is 4.64. The minimum atomic E-state index is -2.87. The molecule has 0 saturated carbocycles. The summed E-state index contributed by atoms with van der Waals surface area (Å²) in [5, 5.41) is 13.1. The lowest BCUT2D eigenvalue weighted by atomic mass is 10.1. The molecule has 2 aliphatic heterocycles. The van der Waals surface area contributed by atoms with Crippen LogP contribution >= 0.6 is 0 Å². The highest BCUT2D eigenvalue weighted by Gasteiger charge is 2.34. The van der Waals surface area contributed by atoms with E-state index in [4.69, 9.17) is 0 Å². The molecule has 0 bridgehead atoms. The van der Waals surface area contributed by atoms with Gasteiger partial charge in [-0.25, -0.2) is 8.42 Å². The minimum absolute atomic E-state index is 0.00299. The normalized spacial score (nSPS) is 33.9. The summed E-state index contributed by atoms with van der Waals surface area (Å²) in [6.45, 7) is 5.29. The maximum absolute atomic E-state index is 11.5. The molecule has 5 nitrogen and oxygen atoms in total. The summed E-state index contributed by atoms with van der Waals surface area (Å²) in [6.07, 6.45) is 2.04. The van der Waals surface area contributed by atoms with Gasteiger partial charge in [-0.3, -0.25) is 0 Å². The van der Waals surface area contributed by atoms with Crippen molar-refractivity contribution in [2.75, 3.05) is 37.7 Å². The van der Waals surface area contributed by atoms with Gasteiger partial charge in [0.15, 0.2) is 9.84 Å². The summed E-state index contributed by atoms with van der Waals surface area (Å²) >= 11 is 0. The number of sulfone groups is 1. The fourth-order valence-corrected chi connectivity index (χ4v) is 5.06. The third-order valence-corrected chi connectivity index (χ3v) is 5.82. The maximum Gasteiger partial charge on any atom is 0.152 e. The molecule has 0 radical (unpaired) electrons. The largest absolute Gasteiger partial charge is 0.390 e. The maximum atomic E-state index is 11.5. The van der Waals surface area contributed by atoms with Crippen LogP contribution in [-0.2, 0) is 9.84 Å². The Bertz CT molecular complexity index is 366. The second-order valence-corrected chi connectivity index (χ2v) is 7.88. The number of nitrogens with one attached hydrogen (secondary N) is 1. The lowest BCUT2D eigenvalue weighted by molar-refractivity contribution is 0.119. The molecule has 2 saturated heterocycles. The van der Waals surface area contributed by atoms with Crippen molar-refractivity contribution in [3.05, 3.63) is 0 Å². The van der Waals surface area contributed by atoms with Gasteiger partial charge in [0.25, 0.3) is 0 Å². The topological polar surface area (TPSA) is 69.6 Å². The van der Waals surface area contributed by atoms with Crippen LogP contribution in [0.5, 0.6) is 0 Å². The second-order valence-electron chi connectivity index (χ2n) is 5.73. The number of likely N-dealkylation sites (tertiary alicyclic amines) is 1. The van der Waals surface area contributed by atoms with E-state index < -0.39 is 15.9 Å². The number of aliphatic hydroxyl groups excluding tert-OH is 1. The average molecular weight is 276 g/mol. The van der Waals surface area contributed by atoms with Gasteiger partial charge in [0.1, 0.15) is 0 Å². The van der Waals surface area contributed by atoms with Crippen molar-refractivity contribution in [2.24, 2.45) is 5.92 Å². The van der Waals surface area contributed by atoms with Crippen LogP contribution in [-0.4, -0.2) is 68.3 Å². The van der Waals surface area contributed by atoms with Crippen molar-refractivity contribution in [1.82, 2.24) is 10.2 Å². The van der Waals surface area contributed by atoms with E-state index in [0.29, 0.717) is 13.1 Å². The van der Waals surface area contributed by atoms with E-state index in [1.165, 1.54) is 12.8 Å². The number of rotatable bonds is 5. The monoisotopic (exact) mass is 276 g/mol. The highest BCUT2D eigenvalue weighted by atomic mass is 32.2. The predicted molar refractivity (Wildman–Crippen MR) is 71.3 cm³/mol. The van der Waals surface area contributed by atoms with Crippen LogP contribution in [0.3, 0.4) is 0 Å². The Labute approximate surface area is 109 Å². The zero-order valence-corrected chi connectivity index (χ0v) is 11.8. The van der Waals surface area contributed by atoms with Gasteiger partial charge in [0, 0.05) is 19.1 Å². The zero-order valence-electron chi connectivity index (χ0n) is 11.0. The molecule has 0 aromatic carbocycles. The molecule has 6 heteroatoms. The van der Waals surface area contributed by atoms with E-state index in [1.54, 1.807) is 0 Å². The highest BCUT2D eigenvalue weighted by molar-refractivity contribution is 7.91. The quantitative estimate of drug-likeness (QED) is 0.706. The zero-order chi connectivity index (χ0) is 13.2. The van der Waals surface area contributed by atoms with Gasteiger partial charge in [-0.1, -0.05) is 6.92 Å². The van der Waals surface area contributed by atoms with Crippen LogP contribution in [0.15, 0.2) is 0 Å².